The molecule has 2 heterocycles. The number of carbonyl (C=O) groups is 1. The van der Waals surface area contributed by atoms with Crippen LogP contribution >= 0.6 is 33.9 Å². The van der Waals surface area contributed by atoms with Crippen LogP contribution in [-0.4, -0.2) is 31.4 Å². The van der Waals surface area contributed by atoms with Gasteiger partial charge in [0.1, 0.15) is 18.4 Å². The van der Waals surface area contributed by atoms with Crippen molar-refractivity contribution in [3.05, 3.63) is 148 Å². The van der Waals surface area contributed by atoms with Gasteiger partial charge in [-0.1, -0.05) is 78.1 Å². The summed E-state index contributed by atoms with van der Waals surface area (Å²) in [6, 6.07) is 29.0. The summed E-state index contributed by atoms with van der Waals surface area (Å²) in [5.74, 6) is 0.952. The van der Waals surface area contributed by atoms with E-state index in [1.165, 1.54) is 11.3 Å². The van der Waals surface area contributed by atoms with Crippen LogP contribution < -0.4 is 29.1 Å². The zero-order chi connectivity index (χ0) is 34.5. The van der Waals surface area contributed by atoms with Gasteiger partial charge in [-0.15, -0.1) is 0 Å². The van der Waals surface area contributed by atoms with Crippen molar-refractivity contribution in [3.8, 4) is 23.3 Å². The largest absolute Gasteiger partial charge is 0.496 e. The predicted octanol–water partition coefficient (Wildman–Crippen LogP) is 6.01. The van der Waals surface area contributed by atoms with E-state index in [1.807, 2.05) is 72.8 Å². The molecule has 11 heteroatoms. The molecule has 1 atom stereocenters. The SMILES string of the molecule is CCOC(=O)C1=C(c2ccccc2)N=c2sc(=Cc3cc(I)c(OCc4ccccc4C#N)c(OC)c3)c(=O)n2C1c1ccccc1OC. The number of rotatable bonds is 10. The summed E-state index contributed by atoms with van der Waals surface area (Å²) in [4.78, 5) is 33.5. The maximum atomic E-state index is 14.4. The van der Waals surface area contributed by atoms with Gasteiger partial charge in [0.2, 0.25) is 0 Å². The molecular formula is C38H30IN3O6S. The van der Waals surface area contributed by atoms with E-state index < -0.39 is 12.0 Å². The minimum absolute atomic E-state index is 0.151. The highest BCUT2D eigenvalue weighted by Gasteiger charge is 2.36. The van der Waals surface area contributed by atoms with Crippen LogP contribution in [0.1, 0.15) is 40.8 Å². The first-order chi connectivity index (χ1) is 23.9. The highest BCUT2D eigenvalue weighted by molar-refractivity contribution is 14.1. The van der Waals surface area contributed by atoms with Crippen LogP contribution in [0.5, 0.6) is 17.2 Å². The topological polar surface area (TPSA) is 112 Å². The molecule has 49 heavy (non-hydrogen) atoms. The van der Waals surface area contributed by atoms with Gasteiger partial charge in [-0.25, -0.2) is 9.79 Å². The van der Waals surface area contributed by atoms with Crippen molar-refractivity contribution in [1.29, 1.82) is 5.26 Å². The lowest BCUT2D eigenvalue weighted by atomic mass is 9.92. The van der Waals surface area contributed by atoms with Crippen molar-refractivity contribution in [1.82, 2.24) is 4.57 Å². The molecule has 0 radical (unpaired) electrons. The Bertz CT molecular complexity index is 2310. The van der Waals surface area contributed by atoms with Crippen molar-refractivity contribution in [2.75, 3.05) is 20.8 Å². The fourth-order valence-electron chi connectivity index (χ4n) is 5.65. The lowest BCUT2D eigenvalue weighted by Gasteiger charge is -2.27. The average molecular weight is 784 g/mol. The summed E-state index contributed by atoms with van der Waals surface area (Å²) in [5, 5.41) is 9.48. The van der Waals surface area contributed by atoms with Gasteiger partial charge in [0.05, 0.1) is 51.8 Å². The lowest BCUT2D eigenvalue weighted by molar-refractivity contribution is -0.138. The monoisotopic (exact) mass is 783 g/mol. The molecule has 1 aromatic heterocycles. The molecule has 0 saturated carbocycles. The average Bonchev–Trinajstić information content (AvgIpc) is 3.44. The summed E-state index contributed by atoms with van der Waals surface area (Å²) >= 11 is 3.39. The Labute approximate surface area is 300 Å². The van der Waals surface area contributed by atoms with E-state index in [4.69, 9.17) is 23.9 Å². The molecule has 9 nitrogen and oxygen atoms in total. The number of carbonyl (C=O) groups excluding carboxylic acids is 1. The number of aromatic nitrogens is 1. The summed E-state index contributed by atoms with van der Waals surface area (Å²) < 4.78 is 25.8. The normalized spacial score (nSPS) is 14.0. The fraction of sp³-hybridized carbons (Fsp3) is 0.158. The van der Waals surface area contributed by atoms with E-state index in [0.717, 1.165) is 14.7 Å². The summed E-state index contributed by atoms with van der Waals surface area (Å²) in [6.45, 7) is 2.08. The zero-order valence-corrected chi connectivity index (χ0v) is 29.8. The smallest absolute Gasteiger partial charge is 0.338 e. The molecule has 4 aromatic carbocycles. The number of nitrogens with zero attached hydrogens (tertiary/aromatic N) is 3. The van der Waals surface area contributed by atoms with Gasteiger partial charge < -0.3 is 18.9 Å². The maximum Gasteiger partial charge on any atom is 0.338 e. The molecule has 0 bridgehead atoms. The summed E-state index contributed by atoms with van der Waals surface area (Å²) in [7, 11) is 3.10. The van der Waals surface area contributed by atoms with Gasteiger partial charge in [0, 0.05) is 16.7 Å². The highest BCUT2D eigenvalue weighted by atomic mass is 127. The fourth-order valence-corrected chi connectivity index (χ4v) is 7.43. The van der Waals surface area contributed by atoms with Crippen LogP contribution in [0.3, 0.4) is 0 Å². The van der Waals surface area contributed by atoms with Crippen LogP contribution in [0.2, 0.25) is 0 Å². The van der Waals surface area contributed by atoms with Gasteiger partial charge >= 0.3 is 5.97 Å². The Kier molecular flexibility index (Phi) is 10.3. The number of hydrogen-bond donors (Lipinski definition) is 0. The second-order valence-corrected chi connectivity index (χ2v) is 12.9. The maximum absolute atomic E-state index is 14.4. The Morgan fingerprint density at radius 3 is 2.45 bits per heavy atom. The number of halogens is 1. The molecule has 246 valence electrons. The predicted molar refractivity (Wildman–Crippen MR) is 195 cm³/mol. The number of nitriles is 1. The van der Waals surface area contributed by atoms with Crippen LogP contribution in [-0.2, 0) is 16.1 Å². The van der Waals surface area contributed by atoms with Gasteiger partial charge in [-0.3, -0.25) is 9.36 Å². The van der Waals surface area contributed by atoms with Crippen molar-refractivity contribution in [3.63, 3.8) is 0 Å². The molecule has 0 N–H and O–H groups in total. The van der Waals surface area contributed by atoms with Crippen molar-refractivity contribution in [2.45, 2.75) is 19.6 Å². The highest BCUT2D eigenvalue weighted by Crippen LogP contribution is 2.39. The third-order valence-electron chi connectivity index (χ3n) is 7.87. The first-order valence-electron chi connectivity index (χ1n) is 15.3. The van der Waals surface area contributed by atoms with E-state index in [9.17, 15) is 14.9 Å². The van der Waals surface area contributed by atoms with Crippen LogP contribution in [0.15, 0.2) is 106 Å². The van der Waals surface area contributed by atoms with Crippen LogP contribution in [0.25, 0.3) is 11.8 Å². The molecule has 0 spiro atoms. The number of esters is 1. The molecule has 1 aliphatic rings. The lowest BCUT2D eigenvalue weighted by Crippen LogP contribution is -2.40. The number of fused-ring (bicyclic) bond motifs is 1. The van der Waals surface area contributed by atoms with E-state index in [2.05, 4.69) is 28.7 Å². The standard InChI is InChI=1S/C38H30IN3O6S/c1-4-47-37(44)32-33(24-12-6-5-7-13-24)41-38-42(34(32)27-16-10-11-17-29(27)45-2)36(43)31(49-38)20-23-18-28(39)35(30(19-23)46-3)48-22-26-15-9-8-14-25(26)21-40/h5-20,34H,4,22H2,1-3H3. The summed E-state index contributed by atoms with van der Waals surface area (Å²) in [6.07, 6.45) is 1.78. The van der Waals surface area contributed by atoms with E-state index in [-0.39, 0.29) is 24.3 Å². The van der Waals surface area contributed by atoms with E-state index in [0.29, 0.717) is 49.0 Å². The second-order valence-electron chi connectivity index (χ2n) is 10.8. The molecule has 1 unspecified atom stereocenters. The third-order valence-corrected chi connectivity index (χ3v) is 9.65. The minimum atomic E-state index is -0.870. The number of methoxy groups -OCH3 is 2. The number of hydrogen-bond acceptors (Lipinski definition) is 9. The molecule has 5 aromatic rings. The molecule has 0 aliphatic carbocycles. The molecule has 0 fully saturated rings. The first kappa shape index (κ1) is 33.7. The summed E-state index contributed by atoms with van der Waals surface area (Å²) in [5.41, 5.74) is 3.70. The van der Waals surface area contributed by atoms with Gasteiger partial charge in [-0.2, -0.15) is 5.26 Å². The first-order valence-corrected chi connectivity index (χ1v) is 17.2. The molecular weight excluding hydrogens is 753 g/mol. The van der Waals surface area contributed by atoms with Crippen LogP contribution in [0, 0.1) is 14.9 Å². The zero-order valence-electron chi connectivity index (χ0n) is 26.8. The molecule has 1 aliphatic heterocycles. The van der Waals surface area contributed by atoms with E-state index >= 15 is 0 Å². The molecule has 6 rings (SSSR count). The Hall–Kier alpha value is -5.19. The molecule has 0 saturated heterocycles. The van der Waals surface area contributed by atoms with Gasteiger partial charge in [-0.05, 0) is 65.4 Å². The van der Waals surface area contributed by atoms with Crippen molar-refractivity contribution in [2.24, 2.45) is 4.99 Å². The number of ether oxygens (including phenoxy) is 4. The third kappa shape index (κ3) is 6.75. The number of para-hydroxylation sites is 1. The van der Waals surface area contributed by atoms with Crippen molar-refractivity contribution >= 4 is 51.7 Å². The quantitative estimate of drug-likeness (QED) is 0.126. The second kappa shape index (κ2) is 14.9. The van der Waals surface area contributed by atoms with Gasteiger partial charge in [0.25, 0.3) is 5.56 Å². The van der Waals surface area contributed by atoms with E-state index in [1.54, 1.807) is 50.0 Å². The number of benzene rings is 4. The number of thiazole rings is 1. The minimum Gasteiger partial charge on any atom is -0.496 e. The van der Waals surface area contributed by atoms with Gasteiger partial charge in [0.15, 0.2) is 16.3 Å². The Morgan fingerprint density at radius 2 is 1.71 bits per heavy atom. The van der Waals surface area contributed by atoms with Crippen LogP contribution in [0.4, 0.5) is 0 Å². The van der Waals surface area contributed by atoms with Crippen molar-refractivity contribution < 1.29 is 23.7 Å². The Balaban J connectivity index is 1.51. The molecule has 0 amide bonds. The Morgan fingerprint density at radius 1 is 1.00 bits per heavy atom.